The van der Waals surface area contributed by atoms with E-state index in [-0.39, 0.29) is 24.6 Å². The van der Waals surface area contributed by atoms with Gasteiger partial charge in [0.2, 0.25) is 17.0 Å². The molecular weight excluding hydrogens is 386 g/mol. The van der Waals surface area contributed by atoms with E-state index in [0.29, 0.717) is 11.0 Å². The van der Waals surface area contributed by atoms with Crippen LogP contribution in [0.5, 0.6) is 0 Å². The van der Waals surface area contributed by atoms with Crippen LogP contribution in [0.2, 0.25) is 0 Å². The fourth-order valence-corrected chi connectivity index (χ4v) is 3.25. The molecule has 148 valence electrons. The number of H-pyrrole nitrogens is 1. The van der Waals surface area contributed by atoms with Gasteiger partial charge >= 0.3 is 0 Å². The highest BCUT2D eigenvalue weighted by Crippen LogP contribution is 2.19. The second-order valence-electron chi connectivity index (χ2n) is 6.13. The maximum absolute atomic E-state index is 12.7. The highest BCUT2D eigenvalue weighted by molar-refractivity contribution is 7.99. The topological polar surface area (TPSA) is 105 Å². The predicted octanol–water partition coefficient (Wildman–Crippen LogP) is 2.98. The number of thioether (sulfide) groups is 1. The van der Waals surface area contributed by atoms with Crippen LogP contribution in [0.3, 0.4) is 0 Å². The van der Waals surface area contributed by atoms with Crippen molar-refractivity contribution in [2.75, 3.05) is 17.2 Å². The van der Waals surface area contributed by atoms with Gasteiger partial charge in [0.25, 0.3) is 0 Å². The molecule has 2 aromatic carbocycles. The predicted molar refractivity (Wildman–Crippen MR) is 115 cm³/mol. The lowest BCUT2D eigenvalue weighted by Crippen LogP contribution is -2.35. The van der Waals surface area contributed by atoms with Gasteiger partial charge in [0.1, 0.15) is 5.82 Å². The van der Waals surface area contributed by atoms with E-state index in [2.05, 4.69) is 15.2 Å². The fourth-order valence-electron chi connectivity index (χ4n) is 2.57. The maximum Gasteiger partial charge on any atom is 0.237 e. The second kappa shape index (κ2) is 10.2. The normalized spacial score (nSPS) is 10.9. The quantitative estimate of drug-likeness (QED) is 0.531. The van der Waals surface area contributed by atoms with Gasteiger partial charge in [-0.25, -0.2) is 4.98 Å². The van der Waals surface area contributed by atoms with Crippen LogP contribution in [-0.4, -0.2) is 39.3 Å². The van der Waals surface area contributed by atoms with E-state index in [1.165, 1.54) is 11.8 Å². The minimum atomic E-state index is -0.449. The highest BCUT2D eigenvalue weighted by Gasteiger charge is 2.17. The zero-order valence-electron chi connectivity index (χ0n) is 15.7. The molecule has 0 aliphatic heterocycles. The number of nitrogens with zero attached hydrogens (tertiary/aromatic N) is 3. The molecule has 0 unspecified atom stereocenters. The minimum absolute atomic E-state index is 0.0976. The molecule has 29 heavy (non-hydrogen) atoms. The third-order valence-electron chi connectivity index (χ3n) is 3.99. The molecular formula is C21H21N5O2S. The molecule has 0 aliphatic carbocycles. The Balaban J connectivity index is 1.60. The third kappa shape index (κ3) is 6.32. The number of hydrogen-bond acceptors (Lipinski definition) is 5. The summed E-state index contributed by atoms with van der Waals surface area (Å²) in [6.07, 6.45) is 3.86. The lowest BCUT2D eigenvalue weighted by molar-refractivity contribution is -0.118. The van der Waals surface area contributed by atoms with Crippen molar-refractivity contribution in [3.05, 3.63) is 72.1 Å². The van der Waals surface area contributed by atoms with Gasteiger partial charge in [-0.05, 0) is 23.8 Å². The second-order valence-corrected chi connectivity index (χ2v) is 7.08. The average Bonchev–Trinajstić information content (AvgIpc) is 3.20. The smallest absolute Gasteiger partial charge is 0.237 e. The Kier molecular flexibility index (Phi) is 7.18. The standard InChI is InChI=1S/C21H21N5O2S/c22-18(27)13-14-26(17-9-5-2-6-10-17)20(28)15-29-21-23-19(24-25-21)12-11-16-7-3-1-4-8-16/h1-12H,13-15H2,(H2,22,27)(H,23,24,25)/b12-11+. The molecule has 0 saturated heterocycles. The summed E-state index contributed by atoms with van der Waals surface area (Å²) in [4.78, 5) is 29.8. The number of rotatable bonds is 9. The van der Waals surface area contributed by atoms with Crippen LogP contribution in [0, 0.1) is 0 Å². The zero-order chi connectivity index (χ0) is 20.5. The first-order chi connectivity index (χ1) is 14.1. The number of primary amides is 1. The summed E-state index contributed by atoms with van der Waals surface area (Å²) >= 11 is 1.23. The first-order valence-electron chi connectivity index (χ1n) is 9.04. The van der Waals surface area contributed by atoms with Gasteiger partial charge in [-0.2, -0.15) is 0 Å². The molecule has 0 radical (unpaired) electrons. The number of aromatic amines is 1. The SMILES string of the molecule is NC(=O)CCN(C(=O)CSc1n[nH]c(/C=C/c2ccccc2)n1)c1ccccc1. The van der Waals surface area contributed by atoms with Crippen molar-refractivity contribution >= 4 is 41.4 Å². The van der Waals surface area contributed by atoms with Gasteiger partial charge in [-0.3, -0.25) is 14.7 Å². The lowest BCUT2D eigenvalue weighted by atomic mass is 10.2. The Hall–Kier alpha value is -3.39. The Morgan fingerprint density at radius 2 is 1.72 bits per heavy atom. The molecule has 8 heteroatoms. The molecule has 3 rings (SSSR count). The Morgan fingerprint density at radius 1 is 1.03 bits per heavy atom. The largest absolute Gasteiger partial charge is 0.370 e. The lowest BCUT2D eigenvalue weighted by Gasteiger charge is -2.22. The number of aromatic nitrogens is 3. The summed E-state index contributed by atoms with van der Waals surface area (Å²) in [7, 11) is 0. The van der Waals surface area contributed by atoms with Crippen molar-refractivity contribution in [2.24, 2.45) is 5.73 Å². The van der Waals surface area contributed by atoms with Crippen LogP contribution in [0.15, 0.2) is 65.8 Å². The van der Waals surface area contributed by atoms with Gasteiger partial charge in [-0.1, -0.05) is 66.4 Å². The fraction of sp³-hybridized carbons (Fsp3) is 0.143. The maximum atomic E-state index is 12.7. The first kappa shape index (κ1) is 20.3. The van der Waals surface area contributed by atoms with E-state index in [1.54, 1.807) is 4.90 Å². The molecule has 2 amide bonds. The molecule has 1 heterocycles. The molecule has 0 aliphatic rings. The number of carbonyl (C=O) groups is 2. The summed E-state index contributed by atoms with van der Waals surface area (Å²) in [6, 6.07) is 19.1. The first-order valence-corrected chi connectivity index (χ1v) is 10.0. The molecule has 0 fully saturated rings. The van der Waals surface area contributed by atoms with Gasteiger partial charge < -0.3 is 10.6 Å². The summed E-state index contributed by atoms with van der Waals surface area (Å²) < 4.78 is 0. The number of carbonyl (C=O) groups excluding carboxylic acids is 2. The molecule has 0 spiro atoms. The van der Waals surface area contributed by atoms with Crippen molar-refractivity contribution in [3.8, 4) is 0 Å². The molecule has 7 nitrogen and oxygen atoms in total. The Labute approximate surface area is 173 Å². The average molecular weight is 407 g/mol. The van der Waals surface area contributed by atoms with E-state index in [1.807, 2.05) is 72.8 Å². The van der Waals surface area contributed by atoms with Gasteiger partial charge in [0.15, 0.2) is 0 Å². The number of nitrogens with one attached hydrogen (secondary N) is 1. The van der Waals surface area contributed by atoms with E-state index in [4.69, 9.17) is 5.73 Å². The Morgan fingerprint density at radius 3 is 2.41 bits per heavy atom. The van der Waals surface area contributed by atoms with Crippen LogP contribution in [0.4, 0.5) is 5.69 Å². The number of nitrogens with two attached hydrogens (primary N) is 1. The molecule has 0 saturated carbocycles. The van der Waals surface area contributed by atoms with E-state index < -0.39 is 5.91 Å². The van der Waals surface area contributed by atoms with Crippen LogP contribution in [0.1, 0.15) is 17.8 Å². The summed E-state index contributed by atoms with van der Waals surface area (Å²) in [5.41, 5.74) is 7.02. The molecule has 1 aromatic heterocycles. The van der Waals surface area contributed by atoms with Crippen LogP contribution in [0.25, 0.3) is 12.2 Å². The van der Waals surface area contributed by atoms with E-state index >= 15 is 0 Å². The van der Waals surface area contributed by atoms with Crippen molar-refractivity contribution in [3.63, 3.8) is 0 Å². The third-order valence-corrected chi connectivity index (χ3v) is 4.82. The summed E-state index contributed by atoms with van der Waals surface area (Å²) in [5, 5.41) is 7.46. The number of hydrogen-bond donors (Lipinski definition) is 2. The van der Waals surface area contributed by atoms with Crippen molar-refractivity contribution in [2.45, 2.75) is 11.6 Å². The summed E-state index contributed by atoms with van der Waals surface area (Å²) in [6.45, 7) is 0.234. The monoisotopic (exact) mass is 407 g/mol. The highest BCUT2D eigenvalue weighted by atomic mass is 32.2. The van der Waals surface area contributed by atoms with Gasteiger partial charge in [-0.15, -0.1) is 5.10 Å². The van der Waals surface area contributed by atoms with Crippen molar-refractivity contribution in [1.82, 2.24) is 15.2 Å². The molecule has 0 bridgehead atoms. The van der Waals surface area contributed by atoms with E-state index in [0.717, 1.165) is 11.3 Å². The van der Waals surface area contributed by atoms with Crippen molar-refractivity contribution < 1.29 is 9.59 Å². The van der Waals surface area contributed by atoms with Gasteiger partial charge in [0, 0.05) is 18.7 Å². The van der Waals surface area contributed by atoms with Gasteiger partial charge in [0.05, 0.1) is 5.75 Å². The number of benzene rings is 2. The molecule has 3 aromatic rings. The number of para-hydroxylation sites is 1. The molecule has 3 N–H and O–H groups in total. The minimum Gasteiger partial charge on any atom is -0.370 e. The zero-order valence-corrected chi connectivity index (χ0v) is 16.5. The Bertz CT molecular complexity index is 973. The number of amides is 2. The summed E-state index contributed by atoms with van der Waals surface area (Å²) in [5.74, 6) is 0.161. The molecule has 0 atom stereocenters. The van der Waals surface area contributed by atoms with Crippen LogP contribution >= 0.6 is 11.8 Å². The number of anilines is 1. The van der Waals surface area contributed by atoms with Crippen molar-refractivity contribution in [1.29, 1.82) is 0 Å². The van der Waals surface area contributed by atoms with E-state index in [9.17, 15) is 9.59 Å². The van der Waals surface area contributed by atoms with Crippen LogP contribution in [-0.2, 0) is 9.59 Å². The van der Waals surface area contributed by atoms with Crippen LogP contribution < -0.4 is 10.6 Å².